The van der Waals surface area contributed by atoms with Crippen LogP contribution >= 0.6 is 7.82 Å². The normalized spacial score (nSPS) is 14.4. The third-order valence-corrected chi connectivity index (χ3v) is 15.8. The first-order chi connectivity index (χ1) is 42.4. The fraction of sp³-hybridized carbons (Fsp3) is 0.662. The van der Waals surface area contributed by atoms with Crippen molar-refractivity contribution in [3.8, 4) is 0 Å². The summed E-state index contributed by atoms with van der Waals surface area (Å²) in [6.45, 7) is 6.77. The van der Waals surface area contributed by atoms with Gasteiger partial charge in [-0.2, -0.15) is 0 Å². The maximum atomic E-state index is 13.6. The number of phosphoric acid groups is 1. The quantitative estimate of drug-likeness (QED) is 0.0205. The number of carbonyl (C=O) groups excluding carboxylic acids is 2. The van der Waals surface area contributed by atoms with Crippen LogP contribution in [0.5, 0.6) is 0 Å². The zero-order chi connectivity index (χ0) is 63.5. The van der Waals surface area contributed by atoms with Crippen molar-refractivity contribution in [1.82, 2.24) is 5.32 Å². The van der Waals surface area contributed by atoms with E-state index in [0.29, 0.717) is 23.9 Å². The zero-order valence-electron chi connectivity index (χ0n) is 56.7. The first-order valence-electron chi connectivity index (χ1n) is 35.2. The lowest BCUT2D eigenvalue weighted by molar-refractivity contribution is -0.870. The van der Waals surface area contributed by atoms with Crippen LogP contribution in [0.4, 0.5) is 0 Å². The highest BCUT2D eigenvalue weighted by atomic mass is 31.2. The molecule has 496 valence electrons. The summed E-state index contributed by atoms with van der Waals surface area (Å²) in [6.07, 6.45) is 94.2. The number of nitrogens with one attached hydrogen (secondary N) is 1. The Kier molecular flexibility index (Phi) is 61.8. The molecule has 3 unspecified atom stereocenters. The lowest BCUT2D eigenvalue weighted by Crippen LogP contribution is -2.47. The number of ether oxygens (including phenoxy) is 1. The lowest BCUT2D eigenvalue weighted by atomic mass is 10.0. The number of quaternary nitrogens is 1. The van der Waals surface area contributed by atoms with Gasteiger partial charge in [0.15, 0.2) is 0 Å². The SMILES string of the molecule is CC/C=C\C/C=C\C/C=C\C/C=C\C/C=C\C/C=C\CCCCCCCCC(=O)OC(/C=C/CCCCCCCCCCCCC)C(COP(=O)(O)OCC[N+](C)(C)C)NC(=O)CCCCCCCCC/C=C\C/C=C\C/C=C\C/C=C\C/C=C\CC. The maximum absolute atomic E-state index is 13.6. The number of nitrogens with zero attached hydrogens (tertiary/aromatic N) is 1. The van der Waals surface area contributed by atoms with Crippen molar-refractivity contribution in [3.63, 3.8) is 0 Å². The third-order valence-electron chi connectivity index (χ3n) is 14.8. The second kappa shape index (κ2) is 64.9. The Morgan fingerprint density at radius 2 is 0.736 bits per heavy atom. The van der Waals surface area contributed by atoms with Gasteiger partial charge in [0.2, 0.25) is 5.91 Å². The van der Waals surface area contributed by atoms with E-state index in [1.54, 1.807) is 0 Å². The van der Waals surface area contributed by atoms with Crippen molar-refractivity contribution in [3.05, 3.63) is 146 Å². The average Bonchev–Trinajstić information content (AvgIpc) is 3.70. The standard InChI is InChI=1S/C77H131N2O7P/c1-7-10-13-16-19-22-25-28-30-32-34-36-38-39-41-43-45-47-49-52-55-58-61-64-67-70-77(81)86-75(68-65-62-59-56-53-50-27-24-21-18-15-12-9-3)74(73-85-87(82,83)84-72-71-79(4,5)6)78-76(80)69-66-63-60-57-54-51-48-46-44-42-40-37-35-33-31-29-26-23-20-17-14-11-8-2/h10-11,13-14,19-20,22-23,28-31,34-37,39,41-42,44-45,47,65,68,74-75H,7-9,12,15-18,21,24-27,32-33,38,40,43,46,48-64,66-67,69-73H2,1-6H3,(H-,78,80,82,83)/p+1/b13-10-,14-11-,22-19-,23-20-,30-28-,31-29-,36-34-,37-35-,41-39-,44-42-,47-45-,68-65+. The fourth-order valence-corrected chi connectivity index (χ4v) is 10.2. The number of unbranched alkanes of at least 4 members (excludes halogenated alkanes) is 24. The van der Waals surface area contributed by atoms with Gasteiger partial charge in [0.1, 0.15) is 19.3 Å². The number of rotatable bonds is 62. The molecule has 0 radical (unpaired) electrons. The molecule has 0 aromatic rings. The van der Waals surface area contributed by atoms with Crippen molar-refractivity contribution in [2.45, 2.75) is 290 Å². The highest BCUT2D eigenvalue weighted by Crippen LogP contribution is 2.43. The highest BCUT2D eigenvalue weighted by molar-refractivity contribution is 7.47. The van der Waals surface area contributed by atoms with Gasteiger partial charge in [-0.15, -0.1) is 0 Å². The summed E-state index contributed by atoms with van der Waals surface area (Å²) in [7, 11) is 1.46. The fourth-order valence-electron chi connectivity index (χ4n) is 9.44. The van der Waals surface area contributed by atoms with E-state index in [2.05, 4.69) is 160 Å². The molecular formula is C77H132N2O7P+. The molecule has 0 fully saturated rings. The molecule has 2 N–H and O–H groups in total. The summed E-state index contributed by atoms with van der Waals surface area (Å²) in [6, 6.07) is -0.873. The second-order valence-corrected chi connectivity index (χ2v) is 25.7. The van der Waals surface area contributed by atoms with Crippen LogP contribution in [0.25, 0.3) is 0 Å². The van der Waals surface area contributed by atoms with Gasteiger partial charge in [-0.25, -0.2) is 4.57 Å². The number of esters is 1. The smallest absolute Gasteiger partial charge is 0.456 e. The number of carbonyl (C=O) groups is 2. The van der Waals surface area contributed by atoms with Crippen LogP contribution in [0, 0.1) is 0 Å². The van der Waals surface area contributed by atoms with E-state index < -0.39 is 20.0 Å². The van der Waals surface area contributed by atoms with Crippen molar-refractivity contribution >= 4 is 19.7 Å². The molecule has 0 aromatic carbocycles. The second-order valence-electron chi connectivity index (χ2n) is 24.3. The Hall–Kier alpha value is -4.11. The summed E-state index contributed by atoms with van der Waals surface area (Å²) in [5.41, 5.74) is 0. The van der Waals surface area contributed by atoms with Crippen LogP contribution < -0.4 is 5.32 Å². The Bertz CT molecular complexity index is 2000. The van der Waals surface area contributed by atoms with E-state index in [9.17, 15) is 19.0 Å². The predicted octanol–water partition coefficient (Wildman–Crippen LogP) is 22.6. The molecule has 9 nitrogen and oxygen atoms in total. The molecule has 87 heavy (non-hydrogen) atoms. The van der Waals surface area contributed by atoms with Gasteiger partial charge in [0.25, 0.3) is 0 Å². The number of hydrogen-bond acceptors (Lipinski definition) is 6. The van der Waals surface area contributed by atoms with E-state index in [0.717, 1.165) is 161 Å². The van der Waals surface area contributed by atoms with Crippen LogP contribution in [0.15, 0.2) is 146 Å². The zero-order valence-corrected chi connectivity index (χ0v) is 57.6. The number of amides is 1. The summed E-state index contributed by atoms with van der Waals surface area (Å²) in [4.78, 5) is 37.9. The largest absolute Gasteiger partial charge is 0.472 e. The molecule has 0 aliphatic rings. The summed E-state index contributed by atoms with van der Waals surface area (Å²) >= 11 is 0. The molecule has 0 saturated heterocycles. The average molecular weight is 1230 g/mol. The van der Waals surface area contributed by atoms with Gasteiger partial charge >= 0.3 is 13.8 Å². The Balaban J connectivity index is 5.22. The Morgan fingerprint density at radius 1 is 0.414 bits per heavy atom. The van der Waals surface area contributed by atoms with E-state index in [1.807, 2.05) is 33.3 Å². The summed E-state index contributed by atoms with van der Waals surface area (Å²) in [5, 5.41) is 3.06. The first-order valence-corrected chi connectivity index (χ1v) is 36.7. The predicted molar refractivity (Wildman–Crippen MR) is 378 cm³/mol. The van der Waals surface area contributed by atoms with E-state index in [-0.39, 0.29) is 31.5 Å². The summed E-state index contributed by atoms with van der Waals surface area (Å²) in [5.74, 6) is -0.541. The lowest BCUT2D eigenvalue weighted by Gasteiger charge is -2.27. The first kappa shape index (κ1) is 82.9. The van der Waals surface area contributed by atoms with Crippen molar-refractivity contribution in [2.24, 2.45) is 0 Å². The molecule has 0 saturated carbocycles. The molecule has 0 aliphatic carbocycles. The van der Waals surface area contributed by atoms with Gasteiger partial charge in [0.05, 0.1) is 33.8 Å². The van der Waals surface area contributed by atoms with E-state index in [1.165, 1.54) is 77.0 Å². The van der Waals surface area contributed by atoms with Crippen LogP contribution in [0.2, 0.25) is 0 Å². The number of likely N-dealkylation sites (N-methyl/N-ethyl adjacent to an activating group) is 1. The van der Waals surface area contributed by atoms with Crippen molar-refractivity contribution < 1.29 is 37.3 Å². The van der Waals surface area contributed by atoms with E-state index in [4.69, 9.17) is 13.8 Å². The third kappa shape index (κ3) is 66.1. The van der Waals surface area contributed by atoms with Gasteiger partial charge in [-0.05, 0) is 128 Å². The minimum Gasteiger partial charge on any atom is -0.456 e. The minimum absolute atomic E-state index is 0.0271. The Morgan fingerprint density at radius 3 is 1.10 bits per heavy atom. The van der Waals surface area contributed by atoms with Gasteiger partial charge in [-0.1, -0.05) is 283 Å². The minimum atomic E-state index is -4.47. The molecule has 10 heteroatoms. The van der Waals surface area contributed by atoms with Crippen molar-refractivity contribution in [2.75, 3.05) is 40.9 Å². The van der Waals surface area contributed by atoms with Gasteiger partial charge < -0.3 is 19.4 Å². The number of hydrogen-bond donors (Lipinski definition) is 2. The molecule has 0 aliphatic heterocycles. The van der Waals surface area contributed by atoms with Crippen LogP contribution in [0.1, 0.15) is 278 Å². The number of phosphoric ester groups is 1. The molecule has 0 heterocycles. The van der Waals surface area contributed by atoms with Gasteiger partial charge in [0, 0.05) is 12.8 Å². The van der Waals surface area contributed by atoms with Crippen LogP contribution in [-0.4, -0.2) is 74.3 Å². The van der Waals surface area contributed by atoms with E-state index >= 15 is 0 Å². The molecule has 0 rings (SSSR count). The highest BCUT2D eigenvalue weighted by Gasteiger charge is 2.30. The molecular weight excluding hydrogens is 1100 g/mol. The molecule has 0 bridgehead atoms. The number of allylic oxidation sites excluding steroid dienone is 23. The van der Waals surface area contributed by atoms with Gasteiger partial charge in [-0.3, -0.25) is 18.6 Å². The molecule has 0 aromatic heterocycles. The molecule has 1 amide bonds. The maximum Gasteiger partial charge on any atom is 0.472 e. The van der Waals surface area contributed by atoms with Crippen molar-refractivity contribution in [1.29, 1.82) is 0 Å². The topological polar surface area (TPSA) is 111 Å². The summed E-state index contributed by atoms with van der Waals surface area (Å²) < 4.78 is 30.8. The van der Waals surface area contributed by atoms with Crippen LogP contribution in [0.3, 0.4) is 0 Å². The molecule has 3 atom stereocenters. The Labute approximate surface area is 536 Å². The van der Waals surface area contributed by atoms with Crippen LogP contribution in [-0.2, 0) is 27.9 Å². The monoisotopic (exact) mass is 1230 g/mol. The molecule has 0 spiro atoms.